The van der Waals surface area contributed by atoms with E-state index in [4.69, 9.17) is 15.6 Å². The number of aryl methyl sites for hydroxylation is 1. The number of para-hydroxylation sites is 1. The van der Waals surface area contributed by atoms with Crippen LogP contribution in [0.4, 0.5) is 11.5 Å². The predicted molar refractivity (Wildman–Crippen MR) is 221 cm³/mol. The van der Waals surface area contributed by atoms with E-state index in [1.54, 1.807) is 7.11 Å². The fourth-order valence-electron chi connectivity index (χ4n) is 10.6. The number of rotatable bonds is 12. The summed E-state index contributed by atoms with van der Waals surface area (Å²) in [7, 11) is 3.47. The minimum absolute atomic E-state index is 0.0456. The number of amides is 2. The van der Waals surface area contributed by atoms with Gasteiger partial charge in [-0.15, -0.1) is 0 Å². The number of nitrogen functional groups attached to an aromatic ring is 1. The first kappa shape index (κ1) is 37.9. The second-order valence-electron chi connectivity index (χ2n) is 17.2. The summed E-state index contributed by atoms with van der Waals surface area (Å²) < 4.78 is 9.67. The Kier molecular flexibility index (Phi) is 10.5. The molecule has 0 radical (unpaired) electrons. The molecule has 4 heterocycles. The van der Waals surface area contributed by atoms with Gasteiger partial charge in [-0.25, -0.2) is 14.6 Å². The number of hydrogen-bond donors (Lipinski definition) is 3. The molecule has 3 aliphatic rings. The van der Waals surface area contributed by atoms with Crippen LogP contribution in [0.5, 0.6) is 5.75 Å². The number of nitrogens with zero attached hydrogens (tertiary/aromatic N) is 6. The molecule has 8 rings (SSSR count). The van der Waals surface area contributed by atoms with E-state index in [-0.39, 0.29) is 23.8 Å². The Morgan fingerprint density at radius 1 is 1.04 bits per heavy atom. The van der Waals surface area contributed by atoms with Crippen molar-refractivity contribution in [3.63, 3.8) is 0 Å². The number of carbonyl (C=O) groups excluding carboxylic acids is 2. The highest BCUT2D eigenvalue weighted by molar-refractivity contribution is 6.07. The van der Waals surface area contributed by atoms with Crippen LogP contribution in [0.1, 0.15) is 88.7 Å². The van der Waals surface area contributed by atoms with Gasteiger partial charge in [-0.1, -0.05) is 45.0 Å². The first-order valence-corrected chi connectivity index (χ1v) is 20.6. The van der Waals surface area contributed by atoms with Crippen LogP contribution in [0.15, 0.2) is 54.9 Å². The number of likely N-dealkylation sites (tertiary alicyclic amines) is 1. The molecule has 4 N–H and O–H groups in total. The molecule has 12 nitrogen and oxygen atoms in total. The predicted octanol–water partition coefficient (Wildman–Crippen LogP) is 7.46. The molecular formula is C44H57N9O3. The van der Waals surface area contributed by atoms with Crippen molar-refractivity contribution in [1.82, 2.24) is 34.5 Å². The summed E-state index contributed by atoms with van der Waals surface area (Å²) in [6.45, 7) is 10.2. The number of ether oxygens (including phenoxy) is 1. The molecule has 12 heteroatoms. The summed E-state index contributed by atoms with van der Waals surface area (Å²) in [6.07, 6.45) is 10.9. The van der Waals surface area contributed by atoms with Gasteiger partial charge in [0.25, 0.3) is 5.91 Å². The molecule has 2 aliphatic carbocycles. The third-order valence-electron chi connectivity index (χ3n) is 13.3. The Labute approximate surface area is 329 Å². The molecule has 3 aromatic heterocycles. The monoisotopic (exact) mass is 759 g/mol. The average Bonchev–Trinajstić information content (AvgIpc) is 3.92. The van der Waals surface area contributed by atoms with Gasteiger partial charge < -0.3 is 30.6 Å². The summed E-state index contributed by atoms with van der Waals surface area (Å²) in [5.74, 6) is 3.38. The summed E-state index contributed by atoms with van der Waals surface area (Å²) in [6, 6.07) is 15.5. The highest BCUT2D eigenvalue weighted by Crippen LogP contribution is 2.60. The molecule has 3 unspecified atom stereocenters. The van der Waals surface area contributed by atoms with Crippen molar-refractivity contribution in [3.8, 4) is 17.0 Å². The highest BCUT2D eigenvalue weighted by atomic mass is 16.5. The summed E-state index contributed by atoms with van der Waals surface area (Å²) >= 11 is 0. The zero-order chi connectivity index (χ0) is 39.1. The summed E-state index contributed by atoms with van der Waals surface area (Å²) in [5, 5.41) is 13.1. The molecular weight excluding hydrogens is 703 g/mol. The number of anilines is 2. The van der Waals surface area contributed by atoms with Gasteiger partial charge in [-0.3, -0.25) is 9.59 Å². The lowest BCUT2D eigenvalue weighted by atomic mass is 9.74. The van der Waals surface area contributed by atoms with Gasteiger partial charge in [0.2, 0.25) is 5.91 Å². The maximum Gasteiger partial charge on any atom is 0.272 e. The lowest BCUT2D eigenvalue weighted by Crippen LogP contribution is -2.41. The van der Waals surface area contributed by atoms with E-state index in [1.807, 2.05) is 64.8 Å². The van der Waals surface area contributed by atoms with Crippen LogP contribution < -0.4 is 21.1 Å². The molecule has 2 saturated carbocycles. The first-order chi connectivity index (χ1) is 27.0. The Balaban J connectivity index is 0.889. The van der Waals surface area contributed by atoms with Gasteiger partial charge in [0, 0.05) is 55.6 Å². The molecule has 3 fully saturated rings. The highest BCUT2D eigenvalue weighted by Gasteiger charge is 2.50. The maximum atomic E-state index is 13.4. The first-order valence-electron chi connectivity index (χ1n) is 20.6. The van der Waals surface area contributed by atoms with E-state index in [1.165, 1.54) is 38.4 Å². The third-order valence-corrected chi connectivity index (χ3v) is 13.3. The van der Waals surface area contributed by atoms with E-state index >= 15 is 0 Å². The number of hydrogen-bond acceptors (Lipinski definition) is 8. The van der Waals surface area contributed by atoms with E-state index < -0.39 is 0 Å². The Morgan fingerprint density at radius 3 is 2.52 bits per heavy atom. The van der Waals surface area contributed by atoms with Crippen molar-refractivity contribution in [2.24, 2.45) is 36.1 Å². The van der Waals surface area contributed by atoms with Crippen LogP contribution in [-0.4, -0.2) is 74.3 Å². The Bertz CT molecular complexity index is 2220. The lowest BCUT2D eigenvalue weighted by molar-refractivity contribution is -0.125. The molecule has 2 aromatic carbocycles. The smallest absolute Gasteiger partial charge is 0.272 e. The molecule has 0 bridgehead atoms. The van der Waals surface area contributed by atoms with Gasteiger partial charge in [-0.2, -0.15) is 5.10 Å². The molecule has 2 amide bonds. The number of carbonyl (C=O) groups is 2. The number of fused-ring (bicyclic) bond motifs is 3. The average molecular weight is 760 g/mol. The van der Waals surface area contributed by atoms with Gasteiger partial charge >= 0.3 is 0 Å². The molecule has 5 aromatic rings. The van der Waals surface area contributed by atoms with Gasteiger partial charge in [0.15, 0.2) is 5.65 Å². The van der Waals surface area contributed by atoms with Crippen molar-refractivity contribution >= 4 is 45.3 Å². The van der Waals surface area contributed by atoms with Crippen molar-refractivity contribution in [2.75, 3.05) is 44.3 Å². The maximum absolute atomic E-state index is 13.4. The standard InChI is InChI=1S/C44H57N9O3/c1-27-20-32-21-28(2)25-44(32,24-27)15-12-29(3)42(54)46-16-19-52-17-13-33(14-18-52)53-41-38(40(45)47-26-48-41)39(50-53)31-10-11-34(37(23-31)56-5)49-43(55)36-22-30-8-6-7-9-35(30)51(36)4/h6-11,22-23,26-29,32-33H,12-21,24-25H2,1-5H3,(H,46,54)(H,49,55)(H2,45,47,48). The Morgan fingerprint density at radius 2 is 1.79 bits per heavy atom. The van der Waals surface area contributed by atoms with Crippen molar-refractivity contribution in [2.45, 2.75) is 78.2 Å². The number of aromatic nitrogens is 5. The van der Waals surface area contributed by atoms with Crippen LogP contribution in [0, 0.1) is 29.1 Å². The van der Waals surface area contributed by atoms with Crippen molar-refractivity contribution in [1.29, 1.82) is 0 Å². The third kappa shape index (κ3) is 7.24. The van der Waals surface area contributed by atoms with Gasteiger partial charge in [0.1, 0.15) is 29.3 Å². The largest absolute Gasteiger partial charge is 0.495 e. The number of nitrogens with one attached hydrogen (secondary N) is 2. The second kappa shape index (κ2) is 15.5. The van der Waals surface area contributed by atoms with E-state index in [0.717, 1.165) is 73.1 Å². The number of nitrogens with two attached hydrogens (primary N) is 1. The fraction of sp³-hybridized carbons (Fsp3) is 0.523. The molecule has 56 heavy (non-hydrogen) atoms. The lowest BCUT2D eigenvalue weighted by Gasteiger charge is -2.32. The quantitative estimate of drug-likeness (QED) is 0.119. The number of piperidine rings is 1. The minimum atomic E-state index is -0.231. The van der Waals surface area contributed by atoms with Crippen LogP contribution in [0.3, 0.4) is 0 Å². The molecule has 0 spiro atoms. The SMILES string of the molecule is COc1cc(-c2nn(C3CCN(CCNC(=O)C(C)CCC45CC(C)CC4CC(C)C5)CC3)c3ncnc(N)c23)ccc1NC(=O)c1cc2ccccc2n1C. The summed E-state index contributed by atoms with van der Waals surface area (Å²) in [5.41, 5.74) is 11.2. The molecule has 296 valence electrons. The van der Waals surface area contributed by atoms with Crippen LogP contribution in [0.25, 0.3) is 33.2 Å². The van der Waals surface area contributed by atoms with Crippen LogP contribution >= 0.6 is 0 Å². The summed E-state index contributed by atoms with van der Waals surface area (Å²) in [4.78, 5) is 37.9. The number of methoxy groups -OCH3 is 1. The zero-order valence-corrected chi connectivity index (χ0v) is 33.6. The topological polar surface area (TPSA) is 145 Å². The van der Waals surface area contributed by atoms with Crippen molar-refractivity contribution in [3.05, 3.63) is 60.6 Å². The minimum Gasteiger partial charge on any atom is -0.495 e. The number of benzene rings is 2. The van der Waals surface area contributed by atoms with Gasteiger partial charge in [0.05, 0.1) is 24.2 Å². The molecule has 1 saturated heterocycles. The van der Waals surface area contributed by atoms with Gasteiger partial charge in [-0.05, 0) is 98.8 Å². The van der Waals surface area contributed by atoms with E-state index in [0.29, 0.717) is 51.6 Å². The second-order valence-corrected chi connectivity index (χ2v) is 17.2. The molecule has 3 atom stereocenters. The molecule has 1 aliphatic heterocycles. The zero-order valence-electron chi connectivity index (χ0n) is 33.6. The normalized spacial score (nSPS) is 23.4. The van der Waals surface area contributed by atoms with E-state index in [9.17, 15) is 9.59 Å². The van der Waals surface area contributed by atoms with Crippen molar-refractivity contribution < 1.29 is 14.3 Å². The fourth-order valence-corrected chi connectivity index (χ4v) is 10.6. The van der Waals surface area contributed by atoms with E-state index in [2.05, 4.69) is 46.3 Å². The Hall–Kier alpha value is -4.97. The van der Waals surface area contributed by atoms with Crippen LogP contribution in [0.2, 0.25) is 0 Å². The van der Waals surface area contributed by atoms with Crippen LogP contribution in [-0.2, 0) is 11.8 Å².